The van der Waals surface area contributed by atoms with Gasteiger partial charge in [0.2, 0.25) is 0 Å². The molecule has 2 rings (SSSR count). The van der Waals surface area contributed by atoms with Crippen molar-refractivity contribution in [3.8, 4) is 0 Å². The van der Waals surface area contributed by atoms with Gasteiger partial charge in [0, 0.05) is 18.0 Å². The topological polar surface area (TPSA) is 35.2 Å². The second-order valence-corrected chi connectivity index (χ2v) is 5.91. The molecule has 1 heterocycles. The zero-order valence-electron chi connectivity index (χ0n) is 8.78. The van der Waals surface area contributed by atoms with Crippen LogP contribution in [0, 0.1) is 5.92 Å². The molecule has 0 radical (unpaired) electrons. The summed E-state index contributed by atoms with van der Waals surface area (Å²) in [6.45, 7) is 0. The van der Waals surface area contributed by atoms with Crippen molar-refractivity contribution in [1.82, 2.24) is 0 Å². The Bertz CT molecular complexity index is 324. The molecule has 15 heavy (non-hydrogen) atoms. The number of rotatable bonds is 5. The van der Waals surface area contributed by atoms with E-state index < -0.39 is 0 Å². The Balaban J connectivity index is 1.92. The molecule has 0 saturated heterocycles. The SMILES string of the molecule is COC(C(N)Cc1ccc(Cl)s1)C1CC1. The average Bonchev–Trinajstić information content (AvgIpc) is 2.93. The number of hydrogen-bond donors (Lipinski definition) is 1. The van der Waals surface area contributed by atoms with Crippen LogP contribution in [0.4, 0.5) is 0 Å². The number of hydrogen-bond acceptors (Lipinski definition) is 3. The number of nitrogens with two attached hydrogens (primary N) is 1. The van der Waals surface area contributed by atoms with Crippen molar-refractivity contribution in [1.29, 1.82) is 0 Å². The van der Waals surface area contributed by atoms with Crippen LogP contribution in [0.2, 0.25) is 4.34 Å². The van der Waals surface area contributed by atoms with E-state index in [-0.39, 0.29) is 12.1 Å². The first-order valence-corrected chi connectivity index (χ1v) is 6.42. The van der Waals surface area contributed by atoms with Gasteiger partial charge in [-0.05, 0) is 37.3 Å². The molecule has 1 aliphatic rings. The average molecular weight is 246 g/mol. The summed E-state index contributed by atoms with van der Waals surface area (Å²) in [6, 6.07) is 4.07. The van der Waals surface area contributed by atoms with Gasteiger partial charge in [-0.1, -0.05) is 11.6 Å². The third-order valence-corrected chi connectivity index (χ3v) is 4.10. The molecule has 1 aromatic heterocycles. The van der Waals surface area contributed by atoms with E-state index in [4.69, 9.17) is 22.1 Å². The summed E-state index contributed by atoms with van der Waals surface area (Å²) in [7, 11) is 1.75. The van der Waals surface area contributed by atoms with Gasteiger partial charge in [0.05, 0.1) is 10.4 Å². The van der Waals surface area contributed by atoms with Crippen LogP contribution >= 0.6 is 22.9 Å². The molecule has 0 spiro atoms. The van der Waals surface area contributed by atoms with Gasteiger partial charge in [0.15, 0.2) is 0 Å². The minimum Gasteiger partial charge on any atom is -0.380 e. The number of thiophene rings is 1. The molecular formula is C11H16ClNOS. The highest BCUT2D eigenvalue weighted by Gasteiger charge is 2.35. The second kappa shape index (κ2) is 4.83. The maximum atomic E-state index is 6.15. The van der Waals surface area contributed by atoms with Crippen molar-refractivity contribution in [2.75, 3.05) is 7.11 Å². The van der Waals surface area contributed by atoms with Crippen LogP contribution in [-0.2, 0) is 11.2 Å². The molecule has 2 atom stereocenters. The van der Waals surface area contributed by atoms with Crippen molar-refractivity contribution in [2.24, 2.45) is 11.7 Å². The Kier molecular flexibility index (Phi) is 3.67. The largest absolute Gasteiger partial charge is 0.380 e. The molecule has 1 fully saturated rings. The van der Waals surface area contributed by atoms with E-state index in [1.807, 2.05) is 12.1 Å². The summed E-state index contributed by atoms with van der Waals surface area (Å²) in [6.07, 6.45) is 3.60. The molecule has 0 bridgehead atoms. The van der Waals surface area contributed by atoms with E-state index in [0.29, 0.717) is 5.92 Å². The van der Waals surface area contributed by atoms with E-state index >= 15 is 0 Å². The van der Waals surface area contributed by atoms with E-state index in [0.717, 1.165) is 10.8 Å². The summed E-state index contributed by atoms with van der Waals surface area (Å²) < 4.78 is 6.29. The monoisotopic (exact) mass is 245 g/mol. The third kappa shape index (κ3) is 2.94. The van der Waals surface area contributed by atoms with Crippen LogP contribution in [0.25, 0.3) is 0 Å². The van der Waals surface area contributed by atoms with Crippen LogP contribution in [0.3, 0.4) is 0 Å². The fraction of sp³-hybridized carbons (Fsp3) is 0.636. The highest BCUT2D eigenvalue weighted by molar-refractivity contribution is 7.16. The minimum absolute atomic E-state index is 0.0946. The summed E-state index contributed by atoms with van der Waals surface area (Å²) in [5.41, 5.74) is 6.15. The maximum absolute atomic E-state index is 6.15. The quantitative estimate of drug-likeness (QED) is 0.866. The summed E-state index contributed by atoms with van der Waals surface area (Å²) in [5, 5.41) is 0. The van der Waals surface area contributed by atoms with E-state index in [2.05, 4.69) is 0 Å². The molecule has 1 saturated carbocycles. The first kappa shape index (κ1) is 11.4. The molecule has 4 heteroatoms. The maximum Gasteiger partial charge on any atom is 0.0931 e. The Morgan fingerprint density at radius 2 is 2.33 bits per heavy atom. The number of halogens is 1. The van der Waals surface area contributed by atoms with Crippen LogP contribution < -0.4 is 5.73 Å². The van der Waals surface area contributed by atoms with E-state index in [9.17, 15) is 0 Å². The molecule has 84 valence electrons. The summed E-state index contributed by atoms with van der Waals surface area (Å²) in [5.74, 6) is 0.681. The number of methoxy groups -OCH3 is 1. The molecule has 0 aliphatic heterocycles. The van der Waals surface area contributed by atoms with Gasteiger partial charge in [-0.15, -0.1) is 11.3 Å². The second-order valence-electron chi connectivity index (χ2n) is 4.11. The highest BCUT2D eigenvalue weighted by atomic mass is 35.5. The molecule has 2 nitrogen and oxygen atoms in total. The lowest BCUT2D eigenvalue weighted by Crippen LogP contribution is -2.39. The standard InChI is InChI=1S/C11H16ClNOS/c1-14-11(7-2-3-7)9(13)6-8-4-5-10(12)15-8/h4-5,7,9,11H,2-3,6,13H2,1H3. The lowest BCUT2D eigenvalue weighted by Gasteiger charge is -2.21. The Labute approximate surface area is 99.4 Å². The number of ether oxygens (including phenoxy) is 1. The van der Waals surface area contributed by atoms with Gasteiger partial charge in [-0.2, -0.15) is 0 Å². The fourth-order valence-corrected chi connectivity index (χ4v) is 3.11. The van der Waals surface area contributed by atoms with E-state index in [1.165, 1.54) is 17.7 Å². The summed E-state index contributed by atoms with van der Waals surface area (Å²) >= 11 is 7.48. The van der Waals surface area contributed by atoms with Crippen LogP contribution in [0.15, 0.2) is 12.1 Å². The lowest BCUT2D eigenvalue weighted by molar-refractivity contribution is 0.0629. The molecule has 1 aliphatic carbocycles. The zero-order chi connectivity index (χ0) is 10.8. The highest BCUT2D eigenvalue weighted by Crippen LogP contribution is 2.36. The minimum atomic E-state index is 0.0946. The van der Waals surface area contributed by atoms with Crippen molar-refractivity contribution < 1.29 is 4.74 Å². The Hall–Kier alpha value is -0.0900. The van der Waals surface area contributed by atoms with Gasteiger partial charge in [0.1, 0.15) is 0 Å². The van der Waals surface area contributed by atoms with Gasteiger partial charge in [-0.25, -0.2) is 0 Å². The van der Waals surface area contributed by atoms with Crippen molar-refractivity contribution in [3.05, 3.63) is 21.3 Å². The molecule has 0 amide bonds. The van der Waals surface area contributed by atoms with E-state index in [1.54, 1.807) is 18.4 Å². The normalized spacial score (nSPS) is 20.2. The zero-order valence-corrected chi connectivity index (χ0v) is 10.4. The molecular weight excluding hydrogens is 230 g/mol. The van der Waals surface area contributed by atoms with Gasteiger partial charge < -0.3 is 10.5 Å². The van der Waals surface area contributed by atoms with Crippen LogP contribution in [0.1, 0.15) is 17.7 Å². The van der Waals surface area contributed by atoms with Crippen LogP contribution in [-0.4, -0.2) is 19.3 Å². The predicted molar refractivity (Wildman–Crippen MR) is 64.5 cm³/mol. The van der Waals surface area contributed by atoms with Crippen LogP contribution in [0.5, 0.6) is 0 Å². The van der Waals surface area contributed by atoms with Gasteiger partial charge in [0.25, 0.3) is 0 Å². The smallest absolute Gasteiger partial charge is 0.0931 e. The predicted octanol–water partition coefficient (Wildman–Crippen LogP) is 2.70. The molecule has 2 N–H and O–H groups in total. The molecule has 0 aromatic carbocycles. The lowest BCUT2D eigenvalue weighted by atomic mass is 10.0. The Morgan fingerprint density at radius 1 is 1.60 bits per heavy atom. The van der Waals surface area contributed by atoms with Crippen molar-refractivity contribution in [3.63, 3.8) is 0 Å². The summed E-state index contributed by atoms with van der Waals surface area (Å²) in [4.78, 5) is 1.25. The third-order valence-electron chi connectivity index (χ3n) is 2.85. The Morgan fingerprint density at radius 3 is 2.80 bits per heavy atom. The molecule has 2 unspecified atom stereocenters. The first-order chi connectivity index (χ1) is 7.20. The fourth-order valence-electron chi connectivity index (χ4n) is 1.95. The van der Waals surface area contributed by atoms with Gasteiger partial charge in [-0.3, -0.25) is 0 Å². The molecule has 1 aromatic rings. The van der Waals surface area contributed by atoms with Crippen molar-refractivity contribution in [2.45, 2.75) is 31.4 Å². The van der Waals surface area contributed by atoms with Crippen molar-refractivity contribution >= 4 is 22.9 Å². The van der Waals surface area contributed by atoms with Gasteiger partial charge >= 0.3 is 0 Å². The first-order valence-electron chi connectivity index (χ1n) is 5.23.